The summed E-state index contributed by atoms with van der Waals surface area (Å²) in [5.41, 5.74) is 3.44. The summed E-state index contributed by atoms with van der Waals surface area (Å²) >= 11 is 0. The molecule has 6 nitrogen and oxygen atoms in total. The van der Waals surface area contributed by atoms with E-state index < -0.39 is 10.4 Å². The molecule has 0 N–H and O–H groups in total. The first-order chi connectivity index (χ1) is 9.28. The highest BCUT2D eigenvalue weighted by Gasteiger charge is 2.16. The van der Waals surface area contributed by atoms with Gasteiger partial charge in [-0.25, -0.2) is 8.42 Å². The van der Waals surface area contributed by atoms with Gasteiger partial charge in [0.05, 0.1) is 13.5 Å². The van der Waals surface area contributed by atoms with Crippen LogP contribution in [0.4, 0.5) is 0 Å². The molecule has 20 heavy (non-hydrogen) atoms. The lowest BCUT2D eigenvalue weighted by molar-refractivity contribution is -0.679. The molecule has 112 valence electrons. The molecule has 0 aliphatic rings. The first-order valence-corrected chi connectivity index (χ1v) is 7.61. The van der Waals surface area contributed by atoms with E-state index in [4.69, 9.17) is 4.42 Å². The van der Waals surface area contributed by atoms with Crippen molar-refractivity contribution < 1.29 is 26.1 Å². The van der Waals surface area contributed by atoms with Gasteiger partial charge in [-0.15, -0.1) is 0 Å². The second-order valence-corrected chi connectivity index (χ2v) is 5.20. The highest BCUT2D eigenvalue weighted by molar-refractivity contribution is 7.80. The van der Waals surface area contributed by atoms with Gasteiger partial charge in [-0.3, -0.25) is 4.18 Å². The third kappa shape index (κ3) is 4.59. The molecular formula is C13H19NO5S. The maximum atomic E-state index is 9.45. The third-order valence-corrected chi connectivity index (χ3v) is 3.15. The van der Waals surface area contributed by atoms with Crippen LogP contribution in [0.25, 0.3) is 11.1 Å². The fourth-order valence-corrected chi connectivity index (χ4v) is 2.13. The summed E-state index contributed by atoms with van der Waals surface area (Å²) in [6, 6.07) is 6.27. The lowest BCUT2D eigenvalue weighted by Crippen LogP contribution is -2.33. The highest BCUT2D eigenvalue weighted by atomic mass is 32.3. The maximum Gasteiger partial charge on any atom is 0.344 e. The van der Waals surface area contributed by atoms with Gasteiger partial charge in [0.25, 0.3) is 5.52 Å². The molecule has 0 saturated carbocycles. The van der Waals surface area contributed by atoms with Gasteiger partial charge >= 0.3 is 5.89 Å². The molecule has 0 radical (unpaired) electrons. The van der Waals surface area contributed by atoms with E-state index in [1.54, 1.807) is 0 Å². The first kappa shape index (κ1) is 16.6. The van der Waals surface area contributed by atoms with Crippen molar-refractivity contribution in [3.8, 4) is 0 Å². The van der Waals surface area contributed by atoms with E-state index in [0.717, 1.165) is 18.0 Å². The molecule has 0 spiro atoms. The minimum absolute atomic E-state index is 0.0914. The molecule has 0 aliphatic heterocycles. The largest absolute Gasteiger partial charge is 0.726 e. The summed E-state index contributed by atoms with van der Waals surface area (Å²) < 4.78 is 39.8. The number of hydrogen-bond donors (Lipinski definition) is 0. The van der Waals surface area contributed by atoms with Crippen molar-refractivity contribution in [2.24, 2.45) is 0 Å². The Morgan fingerprint density at radius 3 is 2.40 bits per heavy atom. The summed E-state index contributed by atoms with van der Waals surface area (Å²) in [6.45, 7) is 8.52. The van der Waals surface area contributed by atoms with Crippen LogP contribution in [-0.2, 0) is 21.1 Å². The van der Waals surface area contributed by atoms with Crippen LogP contribution < -0.4 is 4.57 Å². The number of aryl methyl sites for hydroxylation is 3. The van der Waals surface area contributed by atoms with E-state index in [2.05, 4.69) is 34.7 Å². The first-order valence-electron chi connectivity index (χ1n) is 6.28. The lowest BCUT2D eigenvalue weighted by Gasteiger charge is -2.02. The zero-order valence-electron chi connectivity index (χ0n) is 12.0. The normalized spacial score (nSPS) is 11.2. The molecule has 2 rings (SSSR count). The van der Waals surface area contributed by atoms with Crippen molar-refractivity contribution in [2.75, 3.05) is 6.61 Å². The lowest BCUT2D eigenvalue weighted by atomic mass is 10.2. The van der Waals surface area contributed by atoms with Crippen LogP contribution in [-0.4, -0.2) is 19.6 Å². The molecule has 1 aromatic carbocycles. The Balaban J connectivity index is 0.000000246. The Kier molecular flexibility index (Phi) is 5.67. The summed E-state index contributed by atoms with van der Waals surface area (Å²) in [4.78, 5) is 0. The van der Waals surface area contributed by atoms with Gasteiger partial charge in [-0.2, -0.15) is 4.57 Å². The molecule has 0 unspecified atom stereocenters. The predicted octanol–water partition coefficient (Wildman–Crippen LogP) is 1.84. The molecule has 1 heterocycles. The van der Waals surface area contributed by atoms with Crippen molar-refractivity contribution in [2.45, 2.75) is 34.2 Å². The van der Waals surface area contributed by atoms with Gasteiger partial charge in [0.1, 0.15) is 6.54 Å². The zero-order chi connectivity index (χ0) is 15.3. The van der Waals surface area contributed by atoms with Gasteiger partial charge in [0.2, 0.25) is 16.0 Å². The molecule has 0 bridgehead atoms. The Morgan fingerprint density at radius 2 is 1.95 bits per heavy atom. The number of nitrogens with zero attached hydrogens (tertiary/aromatic N) is 1. The van der Waals surface area contributed by atoms with Crippen molar-refractivity contribution >= 4 is 21.5 Å². The second kappa shape index (κ2) is 6.83. The van der Waals surface area contributed by atoms with Crippen LogP contribution in [0, 0.1) is 13.8 Å². The van der Waals surface area contributed by atoms with Crippen molar-refractivity contribution in [1.29, 1.82) is 0 Å². The fourth-order valence-electron chi connectivity index (χ4n) is 1.85. The SMILES string of the molecule is CCOS(=O)(=O)[O-].CC[n+]1c(C)oc2ccc(C)cc21. The minimum atomic E-state index is -4.42. The zero-order valence-corrected chi connectivity index (χ0v) is 12.9. The number of benzene rings is 1. The second-order valence-electron chi connectivity index (χ2n) is 4.15. The van der Waals surface area contributed by atoms with Gasteiger partial charge in [0.15, 0.2) is 0 Å². The standard InChI is InChI=1S/C11H14NO.C2H6O4S/c1-4-12-9(3)13-11-6-5-8(2)7-10(11)12;1-2-6-7(3,4)5/h5-7H,4H2,1-3H3;2H2,1H3,(H,3,4,5)/q+1;/p-1. The quantitative estimate of drug-likeness (QED) is 0.491. The average molecular weight is 301 g/mol. The molecule has 1 aromatic heterocycles. The summed E-state index contributed by atoms with van der Waals surface area (Å²) in [5, 5.41) is 0. The van der Waals surface area contributed by atoms with Crippen molar-refractivity contribution in [3.63, 3.8) is 0 Å². The maximum absolute atomic E-state index is 9.45. The topological polar surface area (TPSA) is 83.5 Å². The Labute approximate surface area is 118 Å². The molecule has 0 amide bonds. The molecule has 2 aromatic rings. The van der Waals surface area contributed by atoms with Gasteiger partial charge in [-0.05, 0) is 32.4 Å². The van der Waals surface area contributed by atoms with Gasteiger partial charge in [-0.1, -0.05) is 6.07 Å². The van der Waals surface area contributed by atoms with E-state index in [1.807, 2.05) is 13.0 Å². The van der Waals surface area contributed by atoms with Crippen LogP contribution in [0.15, 0.2) is 22.6 Å². The van der Waals surface area contributed by atoms with Crippen LogP contribution in [0.5, 0.6) is 0 Å². The smallest absolute Gasteiger partial charge is 0.344 e. The van der Waals surface area contributed by atoms with Crippen LogP contribution >= 0.6 is 0 Å². The summed E-state index contributed by atoms with van der Waals surface area (Å²) in [5.74, 6) is 0.975. The highest BCUT2D eigenvalue weighted by Crippen LogP contribution is 2.14. The Hall–Kier alpha value is -1.44. The number of oxazole rings is 1. The Bertz CT molecular complexity index is 675. The Morgan fingerprint density at radius 1 is 1.30 bits per heavy atom. The average Bonchev–Trinajstić information content (AvgIpc) is 2.63. The molecular weight excluding hydrogens is 282 g/mol. The molecule has 0 fully saturated rings. The number of hydrogen-bond acceptors (Lipinski definition) is 5. The summed E-state index contributed by atoms with van der Waals surface area (Å²) in [6.07, 6.45) is 0. The predicted molar refractivity (Wildman–Crippen MR) is 72.9 cm³/mol. The van der Waals surface area contributed by atoms with E-state index in [0.29, 0.717) is 0 Å². The fraction of sp³-hybridized carbons (Fsp3) is 0.462. The van der Waals surface area contributed by atoms with Crippen LogP contribution in [0.2, 0.25) is 0 Å². The van der Waals surface area contributed by atoms with E-state index in [9.17, 15) is 13.0 Å². The summed E-state index contributed by atoms with van der Waals surface area (Å²) in [7, 11) is -4.42. The van der Waals surface area contributed by atoms with Gasteiger partial charge < -0.3 is 8.97 Å². The monoisotopic (exact) mass is 301 g/mol. The molecule has 0 aliphatic carbocycles. The van der Waals surface area contributed by atoms with Crippen LogP contribution in [0.3, 0.4) is 0 Å². The van der Waals surface area contributed by atoms with Crippen molar-refractivity contribution in [3.05, 3.63) is 29.7 Å². The third-order valence-electron chi connectivity index (χ3n) is 2.62. The molecule has 0 saturated heterocycles. The van der Waals surface area contributed by atoms with Gasteiger partial charge in [0, 0.05) is 6.07 Å². The van der Waals surface area contributed by atoms with Crippen LogP contribution in [0.1, 0.15) is 25.3 Å². The van der Waals surface area contributed by atoms with E-state index >= 15 is 0 Å². The number of aromatic nitrogens is 1. The van der Waals surface area contributed by atoms with E-state index in [1.165, 1.54) is 18.0 Å². The number of rotatable bonds is 3. The number of fused-ring (bicyclic) bond motifs is 1. The molecule has 7 heteroatoms. The van der Waals surface area contributed by atoms with E-state index in [-0.39, 0.29) is 6.61 Å². The minimum Gasteiger partial charge on any atom is -0.726 e. The molecule has 0 atom stereocenters. The van der Waals surface area contributed by atoms with Crippen molar-refractivity contribution in [1.82, 2.24) is 0 Å².